The summed E-state index contributed by atoms with van der Waals surface area (Å²) in [5.74, 6) is 2.64. The van der Waals surface area contributed by atoms with E-state index < -0.39 is 0 Å². The molecule has 5 nitrogen and oxygen atoms in total. The number of rotatable bonds is 3. The summed E-state index contributed by atoms with van der Waals surface area (Å²) in [6, 6.07) is 7.80. The van der Waals surface area contributed by atoms with Crippen LogP contribution in [0, 0.1) is 0 Å². The number of ether oxygens (including phenoxy) is 2. The number of nitrogens with zero attached hydrogens (tertiary/aromatic N) is 3. The number of fused-ring (bicyclic) bond motifs is 1. The van der Waals surface area contributed by atoms with Crippen molar-refractivity contribution in [1.82, 2.24) is 14.8 Å². The highest BCUT2D eigenvalue weighted by Gasteiger charge is 2.20. The van der Waals surface area contributed by atoms with Gasteiger partial charge in [-0.2, -0.15) is 0 Å². The van der Waals surface area contributed by atoms with Crippen LogP contribution in [-0.2, 0) is 17.7 Å². The van der Waals surface area contributed by atoms with E-state index in [1.54, 1.807) is 0 Å². The number of hydrogen-bond acceptors (Lipinski definition) is 4. The standard InChI is InChI=1S/C14H16BrN3O2/c1-10(20-12-4-2-3-11(15)9-12)14-17-16-13-5-7-19-8-6-18(13)14/h2-4,9-10H,5-8H2,1H3. The first kappa shape index (κ1) is 13.6. The van der Waals surface area contributed by atoms with Gasteiger partial charge >= 0.3 is 0 Å². The van der Waals surface area contributed by atoms with E-state index >= 15 is 0 Å². The molecule has 0 saturated heterocycles. The van der Waals surface area contributed by atoms with Gasteiger partial charge in [-0.15, -0.1) is 10.2 Å². The van der Waals surface area contributed by atoms with Crippen LogP contribution in [-0.4, -0.2) is 28.0 Å². The number of benzene rings is 1. The summed E-state index contributed by atoms with van der Waals surface area (Å²) in [5.41, 5.74) is 0. The number of halogens is 1. The molecule has 1 aromatic heterocycles. The Balaban J connectivity index is 1.80. The second-order valence-electron chi connectivity index (χ2n) is 4.71. The van der Waals surface area contributed by atoms with Crippen molar-refractivity contribution in [2.24, 2.45) is 0 Å². The minimum absolute atomic E-state index is 0.149. The molecule has 0 spiro atoms. The van der Waals surface area contributed by atoms with Crippen molar-refractivity contribution in [3.63, 3.8) is 0 Å². The molecule has 2 aromatic rings. The van der Waals surface area contributed by atoms with Crippen LogP contribution in [0.2, 0.25) is 0 Å². The van der Waals surface area contributed by atoms with Crippen LogP contribution in [0.3, 0.4) is 0 Å². The van der Waals surface area contributed by atoms with E-state index in [0.717, 1.165) is 34.8 Å². The van der Waals surface area contributed by atoms with Gasteiger partial charge in [0.25, 0.3) is 0 Å². The summed E-state index contributed by atoms with van der Waals surface area (Å²) >= 11 is 3.44. The number of hydrogen-bond donors (Lipinski definition) is 0. The zero-order valence-corrected chi connectivity index (χ0v) is 12.8. The lowest BCUT2D eigenvalue weighted by Gasteiger charge is -2.15. The molecule has 3 rings (SSSR count). The first-order valence-electron chi connectivity index (χ1n) is 6.66. The Kier molecular flexibility index (Phi) is 4.03. The number of aromatic nitrogens is 3. The van der Waals surface area contributed by atoms with E-state index in [2.05, 4.69) is 30.7 Å². The highest BCUT2D eigenvalue weighted by atomic mass is 79.9. The van der Waals surface area contributed by atoms with E-state index in [1.807, 2.05) is 31.2 Å². The van der Waals surface area contributed by atoms with Gasteiger partial charge in [0.15, 0.2) is 11.9 Å². The Labute approximate surface area is 126 Å². The predicted octanol–water partition coefficient (Wildman–Crippen LogP) is 2.75. The second-order valence-corrected chi connectivity index (χ2v) is 5.62. The van der Waals surface area contributed by atoms with Crippen LogP contribution in [0.5, 0.6) is 5.75 Å². The molecular formula is C14H16BrN3O2. The maximum Gasteiger partial charge on any atom is 0.174 e. The fourth-order valence-corrected chi connectivity index (χ4v) is 2.68. The quantitative estimate of drug-likeness (QED) is 0.864. The summed E-state index contributed by atoms with van der Waals surface area (Å²) in [4.78, 5) is 0. The maximum absolute atomic E-state index is 5.95. The third kappa shape index (κ3) is 2.86. The third-order valence-electron chi connectivity index (χ3n) is 3.26. The van der Waals surface area contributed by atoms with Crippen LogP contribution in [0.15, 0.2) is 28.7 Å². The van der Waals surface area contributed by atoms with Crippen molar-refractivity contribution < 1.29 is 9.47 Å². The Morgan fingerprint density at radius 2 is 2.25 bits per heavy atom. The molecule has 20 heavy (non-hydrogen) atoms. The molecule has 0 amide bonds. The lowest BCUT2D eigenvalue weighted by Crippen LogP contribution is -2.14. The zero-order valence-electron chi connectivity index (χ0n) is 11.3. The average Bonchev–Trinajstić information content (AvgIpc) is 2.68. The zero-order chi connectivity index (χ0) is 13.9. The topological polar surface area (TPSA) is 49.2 Å². The van der Waals surface area contributed by atoms with Gasteiger partial charge in [-0.25, -0.2) is 0 Å². The van der Waals surface area contributed by atoms with E-state index in [4.69, 9.17) is 9.47 Å². The predicted molar refractivity (Wildman–Crippen MR) is 77.7 cm³/mol. The van der Waals surface area contributed by atoms with Crippen molar-refractivity contribution in [1.29, 1.82) is 0 Å². The van der Waals surface area contributed by atoms with Crippen LogP contribution in [0.25, 0.3) is 0 Å². The van der Waals surface area contributed by atoms with E-state index in [9.17, 15) is 0 Å². The molecule has 0 N–H and O–H groups in total. The Morgan fingerprint density at radius 3 is 3.10 bits per heavy atom. The van der Waals surface area contributed by atoms with Crippen LogP contribution in [0.1, 0.15) is 24.7 Å². The van der Waals surface area contributed by atoms with Crippen LogP contribution in [0.4, 0.5) is 0 Å². The van der Waals surface area contributed by atoms with Crippen molar-refractivity contribution in [2.45, 2.75) is 26.0 Å². The first-order valence-corrected chi connectivity index (χ1v) is 7.45. The molecular weight excluding hydrogens is 322 g/mol. The lowest BCUT2D eigenvalue weighted by atomic mass is 10.3. The van der Waals surface area contributed by atoms with Gasteiger partial charge in [0.2, 0.25) is 0 Å². The minimum Gasteiger partial charge on any atom is -0.483 e. The molecule has 1 aliphatic rings. The lowest BCUT2D eigenvalue weighted by molar-refractivity contribution is 0.137. The highest BCUT2D eigenvalue weighted by molar-refractivity contribution is 9.10. The summed E-state index contributed by atoms with van der Waals surface area (Å²) in [5, 5.41) is 8.52. The molecule has 0 aliphatic carbocycles. The molecule has 1 aliphatic heterocycles. The minimum atomic E-state index is -0.149. The van der Waals surface area contributed by atoms with Crippen LogP contribution >= 0.6 is 15.9 Å². The highest BCUT2D eigenvalue weighted by Crippen LogP contribution is 2.24. The molecule has 2 heterocycles. The van der Waals surface area contributed by atoms with Gasteiger partial charge < -0.3 is 14.0 Å². The van der Waals surface area contributed by atoms with Crippen LogP contribution < -0.4 is 4.74 Å². The van der Waals surface area contributed by atoms with Gasteiger partial charge in [0, 0.05) is 17.4 Å². The molecule has 1 unspecified atom stereocenters. The fraction of sp³-hybridized carbons (Fsp3) is 0.429. The molecule has 0 bridgehead atoms. The van der Waals surface area contributed by atoms with Crippen molar-refractivity contribution in [3.8, 4) is 5.75 Å². The molecule has 0 saturated carbocycles. The molecule has 0 fully saturated rings. The Bertz CT molecular complexity index is 600. The molecule has 0 radical (unpaired) electrons. The summed E-state index contributed by atoms with van der Waals surface area (Å²) in [6.07, 6.45) is 0.653. The summed E-state index contributed by atoms with van der Waals surface area (Å²) in [6.45, 7) is 4.18. The molecule has 106 valence electrons. The largest absolute Gasteiger partial charge is 0.483 e. The van der Waals surface area contributed by atoms with Gasteiger partial charge in [-0.1, -0.05) is 22.0 Å². The van der Waals surface area contributed by atoms with E-state index in [0.29, 0.717) is 13.2 Å². The van der Waals surface area contributed by atoms with Gasteiger partial charge in [-0.3, -0.25) is 0 Å². The second kappa shape index (κ2) is 5.93. The Morgan fingerprint density at radius 1 is 1.35 bits per heavy atom. The van der Waals surface area contributed by atoms with Gasteiger partial charge in [0.05, 0.1) is 13.2 Å². The smallest absolute Gasteiger partial charge is 0.174 e. The summed E-state index contributed by atoms with van der Waals surface area (Å²) in [7, 11) is 0. The van der Waals surface area contributed by atoms with Gasteiger partial charge in [0.1, 0.15) is 11.6 Å². The van der Waals surface area contributed by atoms with E-state index in [1.165, 1.54) is 0 Å². The molecule has 6 heteroatoms. The van der Waals surface area contributed by atoms with Crippen molar-refractivity contribution in [3.05, 3.63) is 40.4 Å². The average molecular weight is 338 g/mol. The normalized spacial score (nSPS) is 16.3. The SMILES string of the molecule is CC(Oc1cccc(Br)c1)c1nnc2n1CCOCC2. The Hall–Kier alpha value is -1.40. The monoisotopic (exact) mass is 337 g/mol. The maximum atomic E-state index is 5.95. The third-order valence-corrected chi connectivity index (χ3v) is 3.75. The van der Waals surface area contributed by atoms with E-state index in [-0.39, 0.29) is 6.10 Å². The summed E-state index contributed by atoms with van der Waals surface area (Å²) < 4.78 is 14.5. The molecule has 1 aromatic carbocycles. The van der Waals surface area contributed by atoms with Crippen molar-refractivity contribution in [2.75, 3.05) is 13.2 Å². The van der Waals surface area contributed by atoms with Crippen molar-refractivity contribution >= 4 is 15.9 Å². The first-order chi connectivity index (χ1) is 9.74. The van der Waals surface area contributed by atoms with Gasteiger partial charge in [-0.05, 0) is 25.1 Å². The molecule has 1 atom stereocenters. The fourth-order valence-electron chi connectivity index (χ4n) is 2.30.